The molecule has 0 bridgehead atoms. The van der Waals surface area contributed by atoms with Crippen LogP contribution in [0.1, 0.15) is 47.6 Å². The number of aromatic nitrogens is 1. The normalized spacial score (nSPS) is 20.3. The molecule has 176 valence electrons. The highest BCUT2D eigenvalue weighted by molar-refractivity contribution is 6.35. The number of aromatic carboxylic acids is 1. The number of fused-ring (bicyclic) bond motifs is 1. The number of hydrogen-bond donors (Lipinski definition) is 1. The Labute approximate surface area is 202 Å². The Morgan fingerprint density at radius 2 is 1.85 bits per heavy atom. The first kappa shape index (κ1) is 21.5. The van der Waals surface area contributed by atoms with Gasteiger partial charge in [-0.1, -0.05) is 23.7 Å². The van der Waals surface area contributed by atoms with Crippen molar-refractivity contribution in [3.63, 3.8) is 0 Å². The summed E-state index contributed by atoms with van der Waals surface area (Å²) < 4.78 is 8.24. The number of piperidine rings is 1. The van der Waals surface area contributed by atoms with Gasteiger partial charge in [0.25, 0.3) is 0 Å². The van der Waals surface area contributed by atoms with Gasteiger partial charge in [-0.15, -0.1) is 0 Å². The third-order valence-electron chi connectivity index (χ3n) is 7.38. The van der Waals surface area contributed by atoms with E-state index in [0.717, 1.165) is 43.0 Å². The second-order valence-corrected chi connectivity index (χ2v) is 10.1. The van der Waals surface area contributed by atoms with Crippen molar-refractivity contribution in [2.24, 2.45) is 0 Å². The molecule has 0 radical (unpaired) electrons. The van der Waals surface area contributed by atoms with Gasteiger partial charge in [0.05, 0.1) is 22.6 Å². The van der Waals surface area contributed by atoms with Gasteiger partial charge in [0.15, 0.2) is 0 Å². The zero-order valence-electron chi connectivity index (χ0n) is 18.7. The molecule has 2 saturated heterocycles. The molecule has 1 N–H and O–H groups in total. The zero-order chi connectivity index (χ0) is 23.4. The summed E-state index contributed by atoms with van der Waals surface area (Å²) in [6.45, 7) is 3.02. The molecule has 1 amide bonds. The van der Waals surface area contributed by atoms with Crippen LogP contribution in [0.5, 0.6) is 0 Å². The number of carboxylic acid groups (broad SMARTS) is 1. The maximum absolute atomic E-state index is 12.6. The van der Waals surface area contributed by atoms with E-state index in [1.165, 1.54) is 35.9 Å². The van der Waals surface area contributed by atoms with Gasteiger partial charge in [0, 0.05) is 55.8 Å². The van der Waals surface area contributed by atoms with Crippen molar-refractivity contribution in [2.75, 3.05) is 24.5 Å². The van der Waals surface area contributed by atoms with Crippen LogP contribution >= 0.6 is 11.6 Å². The monoisotopic (exact) mass is 479 g/mol. The number of amides is 1. The average Bonchev–Trinajstić information content (AvgIpc) is 3.54. The predicted molar refractivity (Wildman–Crippen MR) is 130 cm³/mol. The van der Waals surface area contributed by atoms with E-state index in [0.29, 0.717) is 18.3 Å². The Morgan fingerprint density at radius 3 is 2.53 bits per heavy atom. The second kappa shape index (κ2) is 8.03. The summed E-state index contributed by atoms with van der Waals surface area (Å²) in [6.07, 6.45) is 5.87. The van der Waals surface area contributed by atoms with Gasteiger partial charge in [-0.2, -0.15) is 0 Å². The van der Waals surface area contributed by atoms with Crippen LogP contribution in [0, 0.1) is 0 Å². The molecule has 3 heterocycles. The second-order valence-electron chi connectivity index (χ2n) is 9.69. The molecule has 7 nitrogen and oxygen atoms in total. The fourth-order valence-corrected chi connectivity index (χ4v) is 5.60. The summed E-state index contributed by atoms with van der Waals surface area (Å²) in [4.78, 5) is 27.8. The number of hydrogen-bond acceptors (Lipinski definition) is 4. The van der Waals surface area contributed by atoms with Crippen LogP contribution in [0.4, 0.5) is 10.5 Å². The van der Waals surface area contributed by atoms with Crippen LogP contribution in [0.25, 0.3) is 10.9 Å². The van der Waals surface area contributed by atoms with Gasteiger partial charge in [0.2, 0.25) is 0 Å². The van der Waals surface area contributed by atoms with Gasteiger partial charge >= 0.3 is 12.1 Å². The number of para-hydroxylation sites is 1. The summed E-state index contributed by atoms with van der Waals surface area (Å²) in [6, 6.07) is 13.1. The summed E-state index contributed by atoms with van der Waals surface area (Å²) >= 11 is 6.56. The molecule has 3 aliphatic rings. The number of ether oxygens (including phenoxy) is 1. The van der Waals surface area contributed by atoms with Crippen molar-refractivity contribution in [1.29, 1.82) is 0 Å². The molecule has 8 heteroatoms. The van der Waals surface area contributed by atoms with Crippen LogP contribution in [-0.2, 0) is 11.3 Å². The Kier molecular flexibility index (Phi) is 5.08. The lowest BCUT2D eigenvalue weighted by Crippen LogP contribution is -2.46. The first-order valence-electron chi connectivity index (χ1n) is 11.8. The van der Waals surface area contributed by atoms with Crippen LogP contribution < -0.4 is 4.90 Å². The van der Waals surface area contributed by atoms with E-state index in [9.17, 15) is 9.59 Å². The molecular weight excluding hydrogens is 454 g/mol. The average molecular weight is 480 g/mol. The van der Waals surface area contributed by atoms with Crippen molar-refractivity contribution >= 4 is 40.3 Å². The standard InChI is InChI=1S/C26H26ClN3O4/c27-22-3-1-2-21-18(15-29(23(21)22)19-8-9-19)14-28-12-10-26(11-13-28)16-30(25(33)34-26)20-6-4-17(5-7-20)24(31)32/h1-7,15,19H,8-14,16H2,(H,31,32). The number of rotatable bonds is 5. The Balaban J connectivity index is 1.15. The van der Waals surface area contributed by atoms with E-state index < -0.39 is 11.6 Å². The molecule has 2 aliphatic heterocycles. The number of benzene rings is 2. The van der Waals surface area contributed by atoms with E-state index in [-0.39, 0.29) is 11.7 Å². The Bertz CT molecular complexity index is 1270. The van der Waals surface area contributed by atoms with Crippen LogP contribution in [-0.4, -0.2) is 51.9 Å². The van der Waals surface area contributed by atoms with E-state index in [4.69, 9.17) is 21.4 Å². The molecule has 0 atom stereocenters. The molecule has 1 aliphatic carbocycles. The van der Waals surface area contributed by atoms with Crippen LogP contribution in [0.15, 0.2) is 48.7 Å². The molecule has 1 spiro atoms. The van der Waals surface area contributed by atoms with Crippen molar-refractivity contribution in [3.8, 4) is 0 Å². The third kappa shape index (κ3) is 3.73. The van der Waals surface area contributed by atoms with Gasteiger partial charge in [-0.25, -0.2) is 9.59 Å². The number of carbonyl (C=O) groups excluding carboxylic acids is 1. The smallest absolute Gasteiger partial charge is 0.415 e. The van der Waals surface area contributed by atoms with Crippen LogP contribution in [0.2, 0.25) is 5.02 Å². The molecule has 34 heavy (non-hydrogen) atoms. The minimum absolute atomic E-state index is 0.198. The van der Waals surface area contributed by atoms with Crippen molar-refractivity contribution < 1.29 is 19.4 Å². The maximum Gasteiger partial charge on any atom is 0.415 e. The van der Waals surface area contributed by atoms with Gasteiger partial charge in [-0.3, -0.25) is 9.80 Å². The molecular formula is C26H26ClN3O4. The third-order valence-corrected chi connectivity index (χ3v) is 7.69. The molecule has 2 aromatic carbocycles. The number of likely N-dealkylation sites (tertiary alicyclic amines) is 1. The van der Waals surface area contributed by atoms with Crippen LogP contribution in [0.3, 0.4) is 0 Å². The number of nitrogens with zero attached hydrogens (tertiary/aromatic N) is 3. The molecule has 0 unspecified atom stereocenters. The maximum atomic E-state index is 12.6. The predicted octanol–water partition coefficient (Wildman–Crippen LogP) is 5.32. The van der Waals surface area contributed by atoms with E-state index in [1.807, 2.05) is 12.1 Å². The van der Waals surface area contributed by atoms with Crippen molar-refractivity contribution in [1.82, 2.24) is 9.47 Å². The van der Waals surface area contributed by atoms with Gasteiger partial charge in [0.1, 0.15) is 5.60 Å². The van der Waals surface area contributed by atoms with Gasteiger partial charge < -0.3 is 14.4 Å². The first-order chi connectivity index (χ1) is 16.4. The zero-order valence-corrected chi connectivity index (χ0v) is 19.5. The summed E-state index contributed by atoms with van der Waals surface area (Å²) in [7, 11) is 0. The quantitative estimate of drug-likeness (QED) is 0.536. The largest absolute Gasteiger partial charge is 0.478 e. The van der Waals surface area contributed by atoms with Crippen molar-refractivity contribution in [3.05, 3.63) is 64.8 Å². The van der Waals surface area contributed by atoms with Gasteiger partial charge in [-0.05, 0) is 48.7 Å². The fraction of sp³-hybridized carbons (Fsp3) is 0.385. The first-order valence-corrected chi connectivity index (χ1v) is 12.1. The number of carboxylic acids is 1. The molecule has 3 aromatic rings. The lowest BCUT2D eigenvalue weighted by Gasteiger charge is -2.37. The summed E-state index contributed by atoms with van der Waals surface area (Å²) in [5.74, 6) is -0.984. The van der Waals surface area contributed by atoms with Crippen molar-refractivity contribution in [2.45, 2.75) is 43.9 Å². The highest BCUT2D eigenvalue weighted by Gasteiger charge is 2.47. The molecule has 6 rings (SSSR count). The summed E-state index contributed by atoms with van der Waals surface area (Å²) in [5, 5.41) is 11.1. The minimum Gasteiger partial charge on any atom is -0.478 e. The number of carbonyl (C=O) groups is 2. The lowest BCUT2D eigenvalue weighted by atomic mass is 9.91. The topological polar surface area (TPSA) is 75.0 Å². The van der Waals surface area contributed by atoms with E-state index >= 15 is 0 Å². The fourth-order valence-electron chi connectivity index (χ4n) is 5.33. The van der Waals surface area contributed by atoms with E-state index in [2.05, 4.69) is 21.7 Å². The summed E-state index contributed by atoms with van der Waals surface area (Å²) in [5.41, 5.74) is 2.81. The molecule has 1 saturated carbocycles. The Hall–Kier alpha value is -3.03. The Morgan fingerprint density at radius 1 is 1.12 bits per heavy atom. The highest BCUT2D eigenvalue weighted by Crippen LogP contribution is 2.42. The number of anilines is 1. The van der Waals surface area contributed by atoms with E-state index in [1.54, 1.807) is 17.0 Å². The highest BCUT2D eigenvalue weighted by atomic mass is 35.5. The molecule has 1 aromatic heterocycles. The SMILES string of the molecule is O=C(O)c1ccc(N2CC3(CCN(Cc4cn(C5CC5)c5c(Cl)cccc45)CC3)OC2=O)cc1. The minimum atomic E-state index is -0.984. The molecule has 3 fully saturated rings. The number of halogens is 1. The lowest BCUT2D eigenvalue weighted by molar-refractivity contribution is -0.000896.